The Morgan fingerprint density at radius 1 is 1.13 bits per heavy atom. The monoisotopic (exact) mass is 311 g/mol. The number of aromatic carboxylic acids is 1. The summed E-state index contributed by atoms with van der Waals surface area (Å²) in [4.78, 5) is 14.8. The molecule has 0 bridgehead atoms. The van der Waals surface area contributed by atoms with Crippen molar-refractivity contribution >= 4 is 16.9 Å². The molecule has 0 spiro atoms. The number of carboxylic acid groups (broad SMARTS) is 1. The summed E-state index contributed by atoms with van der Waals surface area (Å²) in [5.74, 6) is -0.0952. The van der Waals surface area contributed by atoms with Crippen LogP contribution in [0.25, 0.3) is 22.0 Å². The fourth-order valence-electron chi connectivity index (χ4n) is 2.90. The van der Waals surface area contributed by atoms with Gasteiger partial charge in [0.1, 0.15) is 0 Å². The van der Waals surface area contributed by atoms with Crippen molar-refractivity contribution in [2.24, 2.45) is 0 Å². The van der Waals surface area contributed by atoms with Crippen LogP contribution >= 0.6 is 0 Å². The predicted octanol–water partition coefficient (Wildman–Crippen LogP) is 3.86. The Morgan fingerprint density at radius 3 is 2.52 bits per heavy atom. The van der Waals surface area contributed by atoms with E-state index in [4.69, 9.17) is 9.47 Å². The average molecular weight is 311 g/mol. The first-order chi connectivity index (χ1) is 11.1. The van der Waals surface area contributed by atoms with E-state index in [-0.39, 0.29) is 5.56 Å². The van der Waals surface area contributed by atoms with Crippen LogP contribution in [0.4, 0.5) is 0 Å². The van der Waals surface area contributed by atoms with Gasteiger partial charge in [-0.3, -0.25) is 0 Å². The second-order valence-electron chi connectivity index (χ2n) is 5.24. The summed E-state index contributed by atoms with van der Waals surface area (Å²) >= 11 is 0. The van der Waals surface area contributed by atoms with Crippen LogP contribution in [0.2, 0.25) is 0 Å². The lowest BCUT2D eigenvalue weighted by molar-refractivity contribution is 0.0696. The fourth-order valence-corrected chi connectivity index (χ4v) is 2.90. The maximum atomic E-state index is 11.4. The van der Waals surface area contributed by atoms with Gasteiger partial charge in [-0.1, -0.05) is 18.2 Å². The van der Waals surface area contributed by atoms with Crippen molar-refractivity contribution in [3.05, 3.63) is 47.7 Å². The molecule has 2 N–H and O–H groups in total. The van der Waals surface area contributed by atoms with E-state index in [9.17, 15) is 9.90 Å². The second-order valence-corrected chi connectivity index (χ2v) is 5.24. The molecule has 0 atom stereocenters. The molecule has 118 valence electrons. The van der Waals surface area contributed by atoms with Crippen LogP contribution in [0.5, 0.6) is 11.5 Å². The van der Waals surface area contributed by atoms with Gasteiger partial charge in [0.15, 0.2) is 11.5 Å². The number of benzene rings is 2. The van der Waals surface area contributed by atoms with E-state index in [1.165, 1.54) is 13.2 Å². The molecule has 0 fully saturated rings. The van der Waals surface area contributed by atoms with E-state index in [2.05, 4.69) is 4.98 Å². The minimum absolute atomic E-state index is 0.155. The standard InChI is InChI=1S/C18H17NO4/c1-10-16(12-6-4-5-7-14(12)19-10)13-8-11(18(20)21)9-15(22-2)17(13)23-3/h4-9,19H,1-3H3,(H,20,21). The number of aromatic nitrogens is 1. The maximum Gasteiger partial charge on any atom is 0.335 e. The van der Waals surface area contributed by atoms with Gasteiger partial charge in [0.2, 0.25) is 0 Å². The van der Waals surface area contributed by atoms with Crippen LogP contribution in [0.15, 0.2) is 36.4 Å². The summed E-state index contributed by atoms with van der Waals surface area (Å²) in [7, 11) is 3.04. The molecule has 0 amide bonds. The number of nitrogens with one attached hydrogen (secondary N) is 1. The number of hydrogen-bond acceptors (Lipinski definition) is 3. The Morgan fingerprint density at radius 2 is 1.87 bits per heavy atom. The van der Waals surface area contributed by atoms with Crippen LogP contribution in [0.1, 0.15) is 16.1 Å². The number of hydrogen-bond donors (Lipinski definition) is 2. The summed E-state index contributed by atoms with van der Waals surface area (Å²) in [6.45, 7) is 1.95. The zero-order valence-corrected chi connectivity index (χ0v) is 13.1. The Bertz CT molecular complexity index is 895. The van der Waals surface area contributed by atoms with E-state index < -0.39 is 5.97 Å². The van der Waals surface area contributed by atoms with Gasteiger partial charge >= 0.3 is 5.97 Å². The molecule has 1 heterocycles. The minimum Gasteiger partial charge on any atom is -0.493 e. The van der Waals surface area contributed by atoms with Crippen molar-refractivity contribution in [3.63, 3.8) is 0 Å². The van der Waals surface area contributed by atoms with E-state index in [0.29, 0.717) is 17.1 Å². The van der Waals surface area contributed by atoms with Crippen molar-refractivity contribution in [2.45, 2.75) is 6.92 Å². The molecule has 23 heavy (non-hydrogen) atoms. The molecule has 5 heteroatoms. The minimum atomic E-state index is -1.01. The second kappa shape index (κ2) is 5.68. The van der Waals surface area contributed by atoms with E-state index in [0.717, 1.165) is 22.2 Å². The van der Waals surface area contributed by atoms with Crippen LogP contribution < -0.4 is 9.47 Å². The molecule has 0 radical (unpaired) electrons. The van der Waals surface area contributed by atoms with Crippen LogP contribution in [-0.2, 0) is 0 Å². The van der Waals surface area contributed by atoms with Gasteiger partial charge in [0, 0.05) is 27.7 Å². The number of carboxylic acids is 1. The molecule has 0 saturated carbocycles. The van der Waals surface area contributed by atoms with Gasteiger partial charge < -0.3 is 19.6 Å². The summed E-state index contributed by atoms with van der Waals surface area (Å²) < 4.78 is 10.8. The topological polar surface area (TPSA) is 71.5 Å². The SMILES string of the molecule is COc1cc(C(=O)O)cc(-c2c(C)[nH]c3ccccc23)c1OC. The first-order valence-electron chi connectivity index (χ1n) is 7.13. The number of aryl methyl sites for hydroxylation is 1. The number of rotatable bonds is 4. The van der Waals surface area contributed by atoms with Crippen LogP contribution in [-0.4, -0.2) is 30.3 Å². The number of H-pyrrole nitrogens is 1. The zero-order chi connectivity index (χ0) is 16.6. The smallest absolute Gasteiger partial charge is 0.335 e. The first-order valence-corrected chi connectivity index (χ1v) is 7.13. The fraction of sp³-hybridized carbons (Fsp3) is 0.167. The average Bonchev–Trinajstić information content (AvgIpc) is 2.88. The van der Waals surface area contributed by atoms with E-state index >= 15 is 0 Å². The van der Waals surface area contributed by atoms with E-state index in [1.54, 1.807) is 13.2 Å². The third-order valence-electron chi connectivity index (χ3n) is 3.89. The maximum absolute atomic E-state index is 11.4. The number of aromatic amines is 1. The summed E-state index contributed by atoms with van der Waals surface area (Å²) in [5.41, 5.74) is 3.69. The number of ether oxygens (including phenoxy) is 2. The quantitative estimate of drug-likeness (QED) is 0.767. The highest BCUT2D eigenvalue weighted by Gasteiger charge is 2.21. The summed E-state index contributed by atoms with van der Waals surface area (Å²) in [6, 6.07) is 11.0. The molecule has 0 saturated heterocycles. The highest BCUT2D eigenvalue weighted by Crippen LogP contribution is 2.43. The highest BCUT2D eigenvalue weighted by molar-refractivity contribution is 6.01. The van der Waals surface area contributed by atoms with Gasteiger partial charge in [-0.25, -0.2) is 4.79 Å². The molecule has 5 nitrogen and oxygen atoms in total. The highest BCUT2D eigenvalue weighted by atomic mass is 16.5. The normalized spacial score (nSPS) is 10.7. The molecule has 1 aromatic heterocycles. The molecular formula is C18H17NO4. The Labute approximate surface area is 133 Å². The van der Waals surface area contributed by atoms with Gasteiger partial charge in [0.05, 0.1) is 19.8 Å². The molecule has 0 aliphatic rings. The van der Waals surface area contributed by atoms with Crippen LogP contribution in [0.3, 0.4) is 0 Å². The third-order valence-corrected chi connectivity index (χ3v) is 3.89. The Kier molecular flexibility index (Phi) is 3.70. The van der Waals surface area contributed by atoms with Crippen molar-refractivity contribution < 1.29 is 19.4 Å². The molecule has 3 rings (SSSR count). The largest absolute Gasteiger partial charge is 0.493 e. The van der Waals surface area contributed by atoms with Crippen molar-refractivity contribution in [1.82, 2.24) is 4.98 Å². The molecule has 0 aliphatic heterocycles. The van der Waals surface area contributed by atoms with Crippen molar-refractivity contribution in [3.8, 4) is 22.6 Å². The Balaban J connectivity index is 2.39. The number of para-hydroxylation sites is 1. The number of fused-ring (bicyclic) bond motifs is 1. The predicted molar refractivity (Wildman–Crippen MR) is 88.5 cm³/mol. The van der Waals surface area contributed by atoms with E-state index in [1.807, 2.05) is 31.2 Å². The van der Waals surface area contributed by atoms with Gasteiger partial charge in [0.25, 0.3) is 0 Å². The number of carbonyl (C=O) groups is 1. The Hall–Kier alpha value is -2.95. The molecular weight excluding hydrogens is 294 g/mol. The molecule has 3 aromatic rings. The first kappa shape index (κ1) is 15.0. The van der Waals surface area contributed by atoms with Crippen LogP contribution in [0, 0.1) is 6.92 Å². The number of methoxy groups -OCH3 is 2. The lowest BCUT2D eigenvalue weighted by Crippen LogP contribution is -2.01. The van der Waals surface area contributed by atoms with Crippen molar-refractivity contribution in [2.75, 3.05) is 14.2 Å². The molecule has 2 aromatic carbocycles. The van der Waals surface area contributed by atoms with Gasteiger partial charge in [-0.15, -0.1) is 0 Å². The van der Waals surface area contributed by atoms with Crippen molar-refractivity contribution in [1.29, 1.82) is 0 Å². The summed E-state index contributed by atoms with van der Waals surface area (Å²) in [6.07, 6.45) is 0. The molecule has 0 aliphatic carbocycles. The molecule has 0 unspecified atom stereocenters. The van der Waals surface area contributed by atoms with Gasteiger partial charge in [-0.2, -0.15) is 0 Å². The third kappa shape index (κ3) is 2.40. The lowest BCUT2D eigenvalue weighted by Gasteiger charge is -2.14. The summed E-state index contributed by atoms with van der Waals surface area (Å²) in [5, 5.41) is 10.4. The van der Waals surface area contributed by atoms with Gasteiger partial charge in [-0.05, 0) is 25.1 Å². The zero-order valence-electron chi connectivity index (χ0n) is 13.1. The lowest BCUT2D eigenvalue weighted by atomic mass is 9.98.